The van der Waals surface area contributed by atoms with E-state index in [0.29, 0.717) is 18.8 Å². The number of anilines is 2. The summed E-state index contributed by atoms with van der Waals surface area (Å²) in [5.74, 6) is 1.13. The number of aromatic nitrogens is 3. The summed E-state index contributed by atoms with van der Waals surface area (Å²) in [5.41, 5.74) is 2.43. The number of piperazine rings is 1. The van der Waals surface area contributed by atoms with Crippen LogP contribution >= 0.6 is 11.8 Å². The molecule has 9 heteroatoms. The summed E-state index contributed by atoms with van der Waals surface area (Å²) in [5, 5.41) is 5.58. The van der Waals surface area contributed by atoms with E-state index in [1.165, 1.54) is 11.8 Å². The minimum atomic E-state index is -0.0568. The number of carbonyl (C=O) groups excluding carboxylic acids is 2. The normalized spacial score (nSPS) is 16.3. The molecule has 8 nitrogen and oxygen atoms in total. The number of hydrogen-bond donors (Lipinski definition) is 0. The molecule has 0 N–H and O–H groups in total. The molecule has 0 bridgehead atoms. The van der Waals surface area contributed by atoms with Crippen molar-refractivity contribution in [2.24, 2.45) is 0 Å². The van der Waals surface area contributed by atoms with Gasteiger partial charge in [0.2, 0.25) is 11.8 Å². The lowest BCUT2D eigenvalue weighted by molar-refractivity contribution is -0.131. The maximum Gasteiger partial charge on any atom is 0.242 e. The van der Waals surface area contributed by atoms with Crippen molar-refractivity contribution < 1.29 is 9.59 Å². The molecule has 2 aliphatic rings. The standard InChI is InChI=1S/C23H24N6O2S/c1-17-22-23(29(25-17)18-7-3-2-4-8-18)32-16-21(31)28(22)15-20(30)27-13-11-26(12-14-27)19-9-5-6-10-24-19/h2-10H,11-16H2,1H3. The van der Waals surface area contributed by atoms with Gasteiger partial charge in [0.05, 0.1) is 22.8 Å². The summed E-state index contributed by atoms with van der Waals surface area (Å²) in [7, 11) is 0. The molecule has 2 aliphatic heterocycles. The number of benzene rings is 1. The van der Waals surface area contributed by atoms with E-state index in [0.717, 1.165) is 41.0 Å². The quantitative estimate of drug-likeness (QED) is 0.610. The highest BCUT2D eigenvalue weighted by molar-refractivity contribution is 8.00. The minimum Gasteiger partial charge on any atom is -0.353 e. The molecule has 1 aromatic carbocycles. The van der Waals surface area contributed by atoms with Crippen molar-refractivity contribution in [3.63, 3.8) is 0 Å². The predicted molar refractivity (Wildman–Crippen MR) is 124 cm³/mol. The average Bonchev–Trinajstić information content (AvgIpc) is 3.18. The molecule has 0 unspecified atom stereocenters. The van der Waals surface area contributed by atoms with Crippen LogP contribution in [0.2, 0.25) is 0 Å². The van der Waals surface area contributed by atoms with E-state index in [9.17, 15) is 9.59 Å². The summed E-state index contributed by atoms with van der Waals surface area (Å²) < 4.78 is 1.87. The van der Waals surface area contributed by atoms with E-state index in [4.69, 9.17) is 0 Å². The Morgan fingerprint density at radius 2 is 1.78 bits per heavy atom. The lowest BCUT2D eigenvalue weighted by atomic mass is 10.2. The zero-order chi connectivity index (χ0) is 22.1. The first-order valence-electron chi connectivity index (χ1n) is 10.6. The van der Waals surface area contributed by atoms with Crippen LogP contribution in [-0.4, -0.2) is 70.0 Å². The van der Waals surface area contributed by atoms with Crippen LogP contribution in [-0.2, 0) is 9.59 Å². The van der Waals surface area contributed by atoms with E-state index in [-0.39, 0.29) is 18.4 Å². The number of nitrogens with zero attached hydrogens (tertiary/aromatic N) is 6. The molecule has 5 rings (SSSR count). The Hall–Kier alpha value is -3.33. The summed E-state index contributed by atoms with van der Waals surface area (Å²) in [6, 6.07) is 15.7. The Kier molecular flexibility index (Phi) is 5.57. The molecular weight excluding hydrogens is 424 g/mol. The van der Waals surface area contributed by atoms with Gasteiger partial charge in [0, 0.05) is 32.4 Å². The van der Waals surface area contributed by atoms with Crippen molar-refractivity contribution in [3.05, 3.63) is 60.4 Å². The molecule has 0 spiro atoms. The number of aryl methyl sites for hydroxylation is 1. The van der Waals surface area contributed by atoms with Crippen molar-refractivity contribution >= 4 is 35.1 Å². The van der Waals surface area contributed by atoms with Gasteiger partial charge in [0.15, 0.2) is 0 Å². The third kappa shape index (κ3) is 3.84. The van der Waals surface area contributed by atoms with Crippen molar-refractivity contribution in [1.29, 1.82) is 0 Å². The van der Waals surface area contributed by atoms with Crippen LogP contribution in [0.4, 0.5) is 11.5 Å². The van der Waals surface area contributed by atoms with Crippen LogP contribution in [0.15, 0.2) is 59.8 Å². The summed E-state index contributed by atoms with van der Waals surface area (Å²) >= 11 is 1.47. The first-order valence-corrected chi connectivity index (χ1v) is 11.6. The molecule has 1 saturated heterocycles. The predicted octanol–water partition coefficient (Wildman–Crippen LogP) is 2.36. The molecule has 1 fully saturated rings. The molecule has 3 aromatic rings. The fourth-order valence-corrected chi connectivity index (χ4v) is 5.22. The highest BCUT2D eigenvalue weighted by atomic mass is 32.2. The molecule has 2 aromatic heterocycles. The molecular formula is C23H24N6O2S. The van der Waals surface area contributed by atoms with E-state index >= 15 is 0 Å². The SMILES string of the molecule is Cc1nn(-c2ccccc2)c2c1N(CC(=O)N1CCN(c3ccccn3)CC1)C(=O)CS2. The van der Waals surface area contributed by atoms with Crippen LogP contribution in [0.3, 0.4) is 0 Å². The van der Waals surface area contributed by atoms with Crippen molar-refractivity contribution in [2.45, 2.75) is 11.9 Å². The van der Waals surface area contributed by atoms with Gasteiger partial charge < -0.3 is 9.80 Å². The lowest BCUT2D eigenvalue weighted by Gasteiger charge is -2.36. The summed E-state index contributed by atoms with van der Waals surface area (Å²) in [6.07, 6.45) is 1.78. The number of hydrogen-bond acceptors (Lipinski definition) is 6. The maximum atomic E-state index is 13.1. The van der Waals surface area contributed by atoms with Gasteiger partial charge in [0.25, 0.3) is 0 Å². The van der Waals surface area contributed by atoms with Crippen LogP contribution in [0.1, 0.15) is 5.69 Å². The second-order valence-corrected chi connectivity index (χ2v) is 8.77. The minimum absolute atomic E-state index is 0.0382. The van der Waals surface area contributed by atoms with E-state index in [1.54, 1.807) is 11.1 Å². The van der Waals surface area contributed by atoms with Crippen LogP contribution in [0.25, 0.3) is 5.69 Å². The number of amides is 2. The number of para-hydroxylation sites is 1. The largest absolute Gasteiger partial charge is 0.353 e. The van der Waals surface area contributed by atoms with Gasteiger partial charge >= 0.3 is 0 Å². The van der Waals surface area contributed by atoms with Crippen LogP contribution in [0, 0.1) is 6.92 Å². The van der Waals surface area contributed by atoms with E-state index in [1.807, 2.05) is 65.0 Å². The molecule has 164 valence electrons. The number of fused-ring (bicyclic) bond motifs is 1. The average molecular weight is 449 g/mol. The third-order valence-corrected chi connectivity index (χ3v) is 6.82. The number of carbonyl (C=O) groups is 2. The molecule has 0 radical (unpaired) electrons. The van der Waals surface area contributed by atoms with Crippen molar-refractivity contribution in [1.82, 2.24) is 19.7 Å². The topological polar surface area (TPSA) is 74.6 Å². The van der Waals surface area contributed by atoms with Gasteiger partial charge in [0.1, 0.15) is 17.4 Å². The number of rotatable bonds is 4. The Morgan fingerprint density at radius 1 is 1.03 bits per heavy atom. The third-order valence-electron chi connectivity index (χ3n) is 5.79. The fourth-order valence-electron chi connectivity index (χ4n) is 4.14. The monoisotopic (exact) mass is 448 g/mol. The van der Waals surface area contributed by atoms with Gasteiger partial charge in [-0.2, -0.15) is 5.10 Å². The van der Waals surface area contributed by atoms with Crippen LogP contribution in [0.5, 0.6) is 0 Å². The Labute approximate surface area is 190 Å². The molecule has 2 amide bonds. The van der Waals surface area contributed by atoms with Gasteiger partial charge in [-0.3, -0.25) is 14.5 Å². The molecule has 32 heavy (non-hydrogen) atoms. The molecule has 4 heterocycles. The highest BCUT2D eigenvalue weighted by Gasteiger charge is 2.34. The first kappa shape index (κ1) is 20.6. The van der Waals surface area contributed by atoms with Gasteiger partial charge in [-0.05, 0) is 31.2 Å². The second-order valence-electron chi connectivity index (χ2n) is 7.81. The summed E-state index contributed by atoms with van der Waals surface area (Å²) in [4.78, 5) is 35.9. The lowest BCUT2D eigenvalue weighted by Crippen LogP contribution is -2.52. The smallest absolute Gasteiger partial charge is 0.242 e. The molecule has 0 aliphatic carbocycles. The number of thioether (sulfide) groups is 1. The zero-order valence-corrected chi connectivity index (χ0v) is 18.7. The van der Waals surface area contributed by atoms with E-state index in [2.05, 4.69) is 15.0 Å². The highest BCUT2D eigenvalue weighted by Crippen LogP contribution is 2.39. The first-order chi connectivity index (χ1) is 15.6. The van der Waals surface area contributed by atoms with Crippen LogP contribution < -0.4 is 9.80 Å². The maximum absolute atomic E-state index is 13.1. The fraction of sp³-hybridized carbons (Fsp3) is 0.304. The molecule has 0 saturated carbocycles. The van der Waals surface area contributed by atoms with Gasteiger partial charge in [-0.25, -0.2) is 9.67 Å². The second kappa shape index (κ2) is 8.66. The Morgan fingerprint density at radius 3 is 2.50 bits per heavy atom. The van der Waals surface area contributed by atoms with Gasteiger partial charge in [-0.15, -0.1) is 0 Å². The zero-order valence-electron chi connectivity index (χ0n) is 17.8. The number of pyridine rings is 1. The van der Waals surface area contributed by atoms with Crippen molar-refractivity contribution in [3.8, 4) is 5.69 Å². The van der Waals surface area contributed by atoms with E-state index < -0.39 is 0 Å². The summed E-state index contributed by atoms with van der Waals surface area (Å²) in [6.45, 7) is 4.60. The van der Waals surface area contributed by atoms with Gasteiger partial charge in [-0.1, -0.05) is 36.0 Å². The Balaban J connectivity index is 1.32. The van der Waals surface area contributed by atoms with Crippen molar-refractivity contribution in [2.75, 3.05) is 48.3 Å². The molecule has 0 atom stereocenters. The Bertz CT molecular complexity index is 1130.